The maximum absolute atomic E-state index is 12.9. The number of carbonyl (C=O) groups excluding carboxylic acids is 1. The highest BCUT2D eigenvalue weighted by molar-refractivity contribution is 5.93. The molecule has 0 spiro atoms. The third kappa shape index (κ3) is 2.79. The fourth-order valence-corrected chi connectivity index (χ4v) is 5.49. The van der Waals surface area contributed by atoms with E-state index in [1.165, 1.54) is 32.1 Å². The molecule has 2 saturated carbocycles. The highest BCUT2D eigenvalue weighted by Crippen LogP contribution is 2.46. The van der Waals surface area contributed by atoms with Crippen LogP contribution in [0.2, 0.25) is 0 Å². The molecule has 2 saturated heterocycles. The highest BCUT2D eigenvalue weighted by Gasteiger charge is 2.43. The standard InChI is InChI=1S/C19H27N3O3/c23-19(17-18(25-12-20-17)16-2-1-9-24-16)22-7-5-21(6-8-22)15-11-13-3-4-14(15)10-13/h12-16H,1-11H2/t13-,14-,15+,16-/m0/s1. The van der Waals surface area contributed by atoms with Gasteiger partial charge in [-0.25, -0.2) is 4.98 Å². The minimum Gasteiger partial charge on any atom is -0.445 e. The number of hydrogen-bond donors (Lipinski definition) is 0. The van der Waals surface area contributed by atoms with Crippen molar-refractivity contribution in [3.8, 4) is 0 Å². The molecule has 2 bridgehead atoms. The fourth-order valence-electron chi connectivity index (χ4n) is 5.49. The van der Waals surface area contributed by atoms with E-state index >= 15 is 0 Å². The van der Waals surface area contributed by atoms with Gasteiger partial charge in [0, 0.05) is 38.8 Å². The number of amides is 1. The van der Waals surface area contributed by atoms with Gasteiger partial charge in [-0.05, 0) is 43.9 Å². The van der Waals surface area contributed by atoms with Crippen LogP contribution in [0.15, 0.2) is 10.8 Å². The van der Waals surface area contributed by atoms with Crippen LogP contribution in [0.1, 0.15) is 60.9 Å². The van der Waals surface area contributed by atoms with Crippen molar-refractivity contribution >= 4 is 5.91 Å². The summed E-state index contributed by atoms with van der Waals surface area (Å²) in [5.41, 5.74) is 0.459. The Morgan fingerprint density at radius 3 is 2.68 bits per heavy atom. The molecule has 6 nitrogen and oxygen atoms in total. The van der Waals surface area contributed by atoms with E-state index in [4.69, 9.17) is 9.15 Å². The molecule has 4 atom stereocenters. The van der Waals surface area contributed by atoms with Crippen molar-refractivity contribution in [1.29, 1.82) is 0 Å². The van der Waals surface area contributed by atoms with Gasteiger partial charge in [-0.15, -0.1) is 0 Å². The summed E-state index contributed by atoms with van der Waals surface area (Å²) in [4.78, 5) is 21.7. The average Bonchev–Trinajstić information content (AvgIpc) is 3.45. The first-order chi connectivity index (χ1) is 12.3. The zero-order chi connectivity index (χ0) is 16.8. The molecular weight excluding hydrogens is 318 g/mol. The van der Waals surface area contributed by atoms with Crippen molar-refractivity contribution in [3.05, 3.63) is 17.8 Å². The molecule has 2 aliphatic heterocycles. The lowest BCUT2D eigenvalue weighted by Gasteiger charge is -2.40. The van der Waals surface area contributed by atoms with Crippen LogP contribution >= 0.6 is 0 Å². The summed E-state index contributed by atoms with van der Waals surface area (Å²) in [5.74, 6) is 2.51. The first-order valence-electron chi connectivity index (χ1n) is 9.88. The molecule has 2 aliphatic carbocycles. The van der Waals surface area contributed by atoms with Crippen LogP contribution in [0.25, 0.3) is 0 Å². The quantitative estimate of drug-likeness (QED) is 0.842. The Hall–Kier alpha value is -1.40. The third-order valence-electron chi connectivity index (χ3n) is 6.79. The molecule has 3 heterocycles. The Balaban J connectivity index is 1.22. The lowest BCUT2D eigenvalue weighted by molar-refractivity contribution is 0.0478. The molecule has 25 heavy (non-hydrogen) atoms. The van der Waals surface area contributed by atoms with E-state index in [-0.39, 0.29) is 12.0 Å². The molecule has 0 radical (unpaired) electrons. The SMILES string of the molecule is O=C(c1ncoc1[C@@H]1CCCO1)N1CCN([C@@H]2C[C@H]3CC[C@H]2C3)CC1. The first-order valence-corrected chi connectivity index (χ1v) is 9.88. The zero-order valence-corrected chi connectivity index (χ0v) is 14.7. The molecule has 0 aromatic carbocycles. The Bertz CT molecular complexity index is 632. The second-order valence-electron chi connectivity index (χ2n) is 8.14. The third-order valence-corrected chi connectivity index (χ3v) is 6.79. The normalized spacial score (nSPS) is 35.6. The van der Waals surface area contributed by atoms with Crippen LogP contribution in [-0.2, 0) is 4.74 Å². The Labute approximate surface area is 148 Å². The second kappa shape index (κ2) is 6.40. The van der Waals surface area contributed by atoms with Gasteiger partial charge in [-0.3, -0.25) is 9.69 Å². The molecule has 0 N–H and O–H groups in total. The number of oxazole rings is 1. The maximum Gasteiger partial charge on any atom is 0.276 e. The molecule has 0 unspecified atom stereocenters. The Morgan fingerprint density at radius 1 is 1.12 bits per heavy atom. The number of piperazine rings is 1. The van der Waals surface area contributed by atoms with Crippen molar-refractivity contribution in [3.63, 3.8) is 0 Å². The van der Waals surface area contributed by atoms with Crippen LogP contribution in [0.5, 0.6) is 0 Å². The summed E-state index contributed by atoms with van der Waals surface area (Å²) in [5, 5.41) is 0. The van der Waals surface area contributed by atoms with Gasteiger partial charge in [0.2, 0.25) is 0 Å². The van der Waals surface area contributed by atoms with E-state index in [1.807, 2.05) is 4.90 Å². The molecular formula is C19H27N3O3. The van der Waals surface area contributed by atoms with E-state index in [9.17, 15) is 4.79 Å². The predicted octanol–water partition coefficient (Wildman–Crippen LogP) is 2.47. The summed E-state index contributed by atoms with van der Waals surface area (Å²) in [6.07, 6.45) is 8.88. The van der Waals surface area contributed by atoms with E-state index in [1.54, 1.807) is 0 Å². The summed E-state index contributed by atoms with van der Waals surface area (Å²) in [6, 6.07) is 0.769. The number of fused-ring (bicyclic) bond motifs is 2. The summed E-state index contributed by atoms with van der Waals surface area (Å²) < 4.78 is 11.2. The number of hydrogen-bond acceptors (Lipinski definition) is 5. The summed E-state index contributed by atoms with van der Waals surface area (Å²) >= 11 is 0. The number of ether oxygens (including phenoxy) is 1. The van der Waals surface area contributed by atoms with E-state index in [0.29, 0.717) is 11.5 Å². The minimum absolute atomic E-state index is 0.00634. The molecule has 1 aromatic rings. The van der Waals surface area contributed by atoms with Crippen LogP contribution in [0, 0.1) is 11.8 Å². The molecule has 4 fully saturated rings. The summed E-state index contributed by atoms with van der Waals surface area (Å²) in [6.45, 7) is 4.32. The average molecular weight is 345 g/mol. The molecule has 4 aliphatic rings. The lowest BCUT2D eigenvalue weighted by atomic mass is 9.93. The van der Waals surface area contributed by atoms with Crippen molar-refractivity contribution in [2.45, 2.75) is 50.7 Å². The topological polar surface area (TPSA) is 58.8 Å². The lowest BCUT2D eigenvalue weighted by Crippen LogP contribution is -2.53. The molecule has 1 aromatic heterocycles. The Morgan fingerprint density at radius 2 is 2.00 bits per heavy atom. The van der Waals surface area contributed by atoms with Gasteiger partial charge < -0.3 is 14.1 Å². The van der Waals surface area contributed by atoms with E-state index in [0.717, 1.165) is 63.5 Å². The van der Waals surface area contributed by atoms with Gasteiger partial charge >= 0.3 is 0 Å². The smallest absolute Gasteiger partial charge is 0.276 e. The fraction of sp³-hybridized carbons (Fsp3) is 0.789. The van der Waals surface area contributed by atoms with Gasteiger partial charge in [0.1, 0.15) is 6.10 Å². The van der Waals surface area contributed by atoms with E-state index < -0.39 is 0 Å². The largest absolute Gasteiger partial charge is 0.445 e. The van der Waals surface area contributed by atoms with Crippen LogP contribution in [0.4, 0.5) is 0 Å². The van der Waals surface area contributed by atoms with Crippen molar-refractivity contribution in [2.24, 2.45) is 11.8 Å². The van der Waals surface area contributed by atoms with Crippen LogP contribution in [-0.4, -0.2) is 59.5 Å². The van der Waals surface area contributed by atoms with Gasteiger partial charge in [0.15, 0.2) is 17.8 Å². The monoisotopic (exact) mass is 345 g/mol. The minimum atomic E-state index is -0.100. The zero-order valence-electron chi connectivity index (χ0n) is 14.7. The number of carbonyl (C=O) groups is 1. The number of aromatic nitrogens is 1. The van der Waals surface area contributed by atoms with Gasteiger partial charge in [-0.1, -0.05) is 6.42 Å². The van der Waals surface area contributed by atoms with Crippen molar-refractivity contribution in [1.82, 2.24) is 14.8 Å². The molecule has 1 amide bonds. The number of rotatable bonds is 3. The van der Waals surface area contributed by atoms with Crippen molar-refractivity contribution < 1.29 is 13.9 Å². The van der Waals surface area contributed by atoms with Crippen LogP contribution in [0.3, 0.4) is 0 Å². The van der Waals surface area contributed by atoms with Gasteiger partial charge in [-0.2, -0.15) is 0 Å². The highest BCUT2D eigenvalue weighted by atomic mass is 16.5. The summed E-state index contributed by atoms with van der Waals surface area (Å²) in [7, 11) is 0. The number of nitrogens with zero attached hydrogens (tertiary/aromatic N) is 3. The molecule has 5 rings (SSSR count). The second-order valence-corrected chi connectivity index (χ2v) is 8.14. The van der Waals surface area contributed by atoms with Crippen molar-refractivity contribution in [2.75, 3.05) is 32.8 Å². The van der Waals surface area contributed by atoms with Crippen LogP contribution < -0.4 is 0 Å². The van der Waals surface area contributed by atoms with Gasteiger partial charge in [0.05, 0.1) is 0 Å². The molecule has 6 heteroatoms. The maximum atomic E-state index is 12.9. The molecule has 136 valence electrons. The predicted molar refractivity (Wildman–Crippen MR) is 91.1 cm³/mol. The first kappa shape index (κ1) is 15.8. The van der Waals surface area contributed by atoms with Gasteiger partial charge in [0.25, 0.3) is 5.91 Å². The Kier molecular flexibility index (Phi) is 4.05. The van der Waals surface area contributed by atoms with E-state index in [2.05, 4.69) is 9.88 Å².